The molecule has 2 heterocycles. The number of carbonyl (C=O) groups excluding carboxylic acids is 2. The van der Waals surface area contributed by atoms with Gasteiger partial charge in [-0.3, -0.25) is 9.59 Å². The summed E-state index contributed by atoms with van der Waals surface area (Å²) in [7, 11) is -1.92. The molecule has 0 spiro atoms. The highest BCUT2D eigenvalue weighted by Gasteiger charge is 2.55. The lowest BCUT2D eigenvalue weighted by molar-refractivity contribution is -0.154. The molecule has 5 atom stereocenters. The number of amides is 1. The highest BCUT2D eigenvalue weighted by atomic mass is 28.4. The van der Waals surface area contributed by atoms with Crippen LogP contribution in [0.5, 0.6) is 0 Å². The van der Waals surface area contributed by atoms with Crippen molar-refractivity contribution >= 4 is 20.0 Å². The zero-order chi connectivity index (χ0) is 17.9. The van der Waals surface area contributed by atoms with E-state index in [1.165, 1.54) is 0 Å². The number of fused-ring (bicyclic) bond motifs is 3. The number of hydrogen-bond acceptors (Lipinski definition) is 3. The Labute approximate surface area is 147 Å². The Kier molecular flexibility index (Phi) is 4.48. The summed E-state index contributed by atoms with van der Waals surface area (Å²) in [6, 6.07) is 0.141. The van der Waals surface area contributed by atoms with E-state index in [9.17, 15) is 9.59 Å². The van der Waals surface area contributed by atoms with Crippen LogP contribution in [-0.4, -0.2) is 43.6 Å². The first-order valence-corrected chi connectivity index (χ1v) is 12.4. The van der Waals surface area contributed by atoms with Gasteiger partial charge in [-0.1, -0.05) is 27.7 Å². The van der Waals surface area contributed by atoms with Crippen molar-refractivity contribution in [2.45, 2.75) is 83.7 Å². The Balaban J connectivity index is 1.89. The largest absolute Gasteiger partial charge is 0.413 e. The fraction of sp³-hybridized carbons (Fsp3) is 0.895. The standard InChI is InChI=1S/C19H33NO3Si/c1-12-10-15(21)17-13(11-16(22)20-9-7-8-14(17)20)18(12)23-24(5,6)19(2,3)4/h12-14,17-18H,7-11H2,1-6H3/t12-,13-,14+,17-,18-/m0/s1. The topological polar surface area (TPSA) is 46.6 Å². The van der Waals surface area contributed by atoms with E-state index in [1.54, 1.807) is 0 Å². The van der Waals surface area contributed by atoms with Gasteiger partial charge < -0.3 is 9.33 Å². The molecule has 1 aliphatic carbocycles. The minimum atomic E-state index is -1.92. The van der Waals surface area contributed by atoms with Gasteiger partial charge in [-0.25, -0.2) is 0 Å². The molecule has 0 N–H and O–H groups in total. The minimum absolute atomic E-state index is 0.0103. The zero-order valence-corrected chi connectivity index (χ0v) is 17.1. The number of nitrogens with zero attached hydrogens (tertiary/aromatic N) is 1. The number of piperidine rings is 1. The lowest BCUT2D eigenvalue weighted by Gasteiger charge is -2.51. The smallest absolute Gasteiger partial charge is 0.223 e. The SMILES string of the molecule is C[C@H]1CC(=O)[C@H]2[C@H](CC(=O)N3CCC[C@H]23)[C@H]1O[Si](C)(C)C(C)(C)C. The molecule has 3 rings (SSSR count). The van der Waals surface area contributed by atoms with Gasteiger partial charge in [0.25, 0.3) is 0 Å². The van der Waals surface area contributed by atoms with Gasteiger partial charge in [0.1, 0.15) is 5.78 Å². The highest BCUT2D eigenvalue weighted by molar-refractivity contribution is 6.74. The second-order valence-corrected chi connectivity index (χ2v) is 14.4. The highest BCUT2D eigenvalue weighted by Crippen LogP contribution is 2.48. The van der Waals surface area contributed by atoms with E-state index >= 15 is 0 Å². The van der Waals surface area contributed by atoms with Crippen molar-refractivity contribution in [2.75, 3.05) is 6.54 Å². The average molecular weight is 352 g/mol. The molecule has 3 aliphatic rings. The summed E-state index contributed by atoms with van der Waals surface area (Å²) in [5.74, 6) is 0.920. The van der Waals surface area contributed by atoms with E-state index in [4.69, 9.17) is 4.43 Å². The van der Waals surface area contributed by atoms with Crippen LogP contribution in [-0.2, 0) is 14.0 Å². The van der Waals surface area contributed by atoms with Gasteiger partial charge in [-0.05, 0) is 36.9 Å². The summed E-state index contributed by atoms with van der Waals surface area (Å²) < 4.78 is 6.79. The Morgan fingerprint density at radius 3 is 2.46 bits per heavy atom. The van der Waals surface area contributed by atoms with Crippen LogP contribution in [0.25, 0.3) is 0 Å². The van der Waals surface area contributed by atoms with Crippen molar-refractivity contribution in [3.63, 3.8) is 0 Å². The zero-order valence-electron chi connectivity index (χ0n) is 16.1. The molecule has 2 aliphatic heterocycles. The number of hydrogen-bond donors (Lipinski definition) is 0. The van der Waals surface area contributed by atoms with Gasteiger partial charge in [0.15, 0.2) is 8.32 Å². The van der Waals surface area contributed by atoms with Crippen LogP contribution < -0.4 is 0 Å². The summed E-state index contributed by atoms with van der Waals surface area (Å²) in [6.07, 6.45) is 3.19. The van der Waals surface area contributed by atoms with Crippen LogP contribution in [0, 0.1) is 17.8 Å². The molecule has 0 unspecified atom stereocenters. The molecule has 1 amide bonds. The molecule has 24 heavy (non-hydrogen) atoms. The van der Waals surface area contributed by atoms with Crippen LogP contribution in [0.3, 0.4) is 0 Å². The van der Waals surface area contributed by atoms with E-state index in [-0.39, 0.29) is 40.8 Å². The fourth-order valence-corrected chi connectivity index (χ4v) is 6.13. The number of ketones is 1. The van der Waals surface area contributed by atoms with Crippen molar-refractivity contribution in [1.82, 2.24) is 4.90 Å². The third-order valence-corrected chi connectivity index (χ3v) is 11.5. The molecular formula is C19H33NO3Si. The van der Waals surface area contributed by atoms with E-state index in [2.05, 4.69) is 40.8 Å². The molecule has 0 radical (unpaired) electrons. The van der Waals surface area contributed by atoms with Crippen LogP contribution in [0.4, 0.5) is 0 Å². The van der Waals surface area contributed by atoms with Gasteiger partial charge in [-0.15, -0.1) is 0 Å². The molecule has 1 saturated carbocycles. The first-order chi connectivity index (χ1) is 11.0. The molecule has 3 fully saturated rings. The van der Waals surface area contributed by atoms with Crippen molar-refractivity contribution in [3.05, 3.63) is 0 Å². The maximum Gasteiger partial charge on any atom is 0.223 e. The third-order valence-electron chi connectivity index (χ3n) is 7.02. The van der Waals surface area contributed by atoms with Crippen LogP contribution in [0.15, 0.2) is 0 Å². The average Bonchev–Trinajstić information content (AvgIpc) is 2.91. The minimum Gasteiger partial charge on any atom is -0.413 e. The fourth-order valence-electron chi connectivity index (χ4n) is 4.69. The summed E-state index contributed by atoms with van der Waals surface area (Å²) in [4.78, 5) is 27.4. The normalized spacial score (nSPS) is 37.4. The van der Waals surface area contributed by atoms with Crippen LogP contribution in [0.2, 0.25) is 18.1 Å². The Hall–Kier alpha value is -0.683. The van der Waals surface area contributed by atoms with Crippen LogP contribution >= 0.6 is 0 Å². The predicted octanol–water partition coefficient (Wildman–Crippen LogP) is 3.61. The Bertz CT molecular complexity index is 539. The Morgan fingerprint density at radius 1 is 1.17 bits per heavy atom. The second kappa shape index (κ2) is 5.94. The molecule has 0 aromatic heterocycles. The maximum atomic E-state index is 12.8. The second-order valence-electron chi connectivity index (χ2n) is 9.68. The van der Waals surface area contributed by atoms with E-state index in [1.807, 2.05) is 4.90 Å². The maximum absolute atomic E-state index is 12.8. The van der Waals surface area contributed by atoms with Gasteiger partial charge in [0.2, 0.25) is 5.91 Å². The van der Waals surface area contributed by atoms with Crippen molar-refractivity contribution in [2.24, 2.45) is 17.8 Å². The first kappa shape index (κ1) is 18.1. The van der Waals surface area contributed by atoms with Gasteiger partial charge in [-0.2, -0.15) is 0 Å². The number of carbonyl (C=O) groups is 2. The molecule has 136 valence electrons. The van der Waals surface area contributed by atoms with Crippen molar-refractivity contribution in [3.8, 4) is 0 Å². The summed E-state index contributed by atoms with van der Waals surface area (Å²) in [5, 5.41) is 0.141. The molecule has 0 aromatic rings. The number of Topliss-reactive ketones (excluding diaryl/α,β-unsaturated/α-hetero) is 1. The van der Waals surface area contributed by atoms with Crippen molar-refractivity contribution in [1.29, 1.82) is 0 Å². The molecular weight excluding hydrogens is 318 g/mol. The molecule has 2 saturated heterocycles. The third kappa shape index (κ3) is 2.88. The lowest BCUT2D eigenvalue weighted by atomic mass is 9.65. The van der Waals surface area contributed by atoms with Gasteiger partial charge in [0.05, 0.1) is 6.10 Å². The van der Waals surface area contributed by atoms with E-state index in [0.717, 1.165) is 19.4 Å². The van der Waals surface area contributed by atoms with E-state index in [0.29, 0.717) is 18.6 Å². The molecule has 5 heteroatoms. The van der Waals surface area contributed by atoms with Gasteiger partial charge >= 0.3 is 0 Å². The summed E-state index contributed by atoms with van der Waals surface area (Å²) in [6.45, 7) is 14.3. The number of rotatable bonds is 2. The lowest BCUT2D eigenvalue weighted by Crippen LogP contribution is -2.60. The van der Waals surface area contributed by atoms with Crippen LogP contribution in [0.1, 0.15) is 53.4 Å². The summed E-state index contributed by atoms with van der Waals surface area (Å²) >= 11 is 0. The Morgan fingerprint density at radius 2 is 1.83 bits per heavy atom. The molecule has 0 aromatic carbocycles. The van der Waals surface area contributed by atoms with Crippen molar-refractivity contribution < 1.29 is 14.0 Å². The predicted molar refractivity (Wildman–Crippen MR) is 97.2 cm³/mol. The molecule has 4 nitrogen and oxygen atoms in total. The molecule has 0 bridgehead atoms. The van der Waals surface area contributed by atoms with E-state index < -0.39 is 8.32 Å². The first-order valence-electron chi connectivity index (χ1n) is 9.53. The summed E-state index contributed by atoms with van der Waals surface area (Å²) in [5.41, 5.74) is 0. The monoisotopic (exact) mass is 351 g/mol. The quantitative estimate of drug-likeness (QED) is 0.714. The van der Waals surface area contributed by atoms with Gasteiger partial charge in [0, 0.05) is 37.3 Å².